The topological polar surface area (TPSA) is 47.6 Å². The molecule has 1 rings (SSSR count). The molecule has 0 fully saturated rings. The lowest BCUT2D eigenvalue weighted by Gasteiger charge is -1.97. The molecule has 68 valence electrons. The fourth-order valence-corrected chi connectivity index (χ4v) is 1.04. The number of halogens is 2. The zero-order chi connectivity index (χ0) is 10.6. The fourth-order valence-electron chi connectivity index (χ4n) is 0.870. The van der Waals surface area contributed by atoms with Crippen molar-refractivity contribution in [2.45, 2.75) is 0 Å². The van der Waals surface area contributed by atoms with Crippen molar-refractivity contribution in [3.63, 3.8) is 0 Å². The van der Waals surface area contributed by atoms with Gasteiger partial charge in [-0.2, -0.15) is 10.5 Å². The maximum atomic E-state index is 12.8. The minimum absolute atomic E-state index is 0.113. The molecule has 0 N–H and O–H groups in total. The van der Waals surface area contributed by atoms with Crippen LogP contribution in [0.4, 0.5) is 4.39 Å². The van der Waals surface area contributed by atoms with Crippen LogP contribution in [0, 0.1) is 28.5 Å². The van der Waals surface area contributed by atoms with Crippen LogP contribution in [-0.2, 0) is 0 Å². The average Bonchev–Trinajstić information content (AvgIpc) is 2.19. The van der Waals surface area contributed by atoms with Crippen molar-refractivity contribution in [1.82, 2.24) is 0 Å². The highest BCUT2D eigenvalue weighted by Gasteiger charge is 2.01. The summed E-state index contributed by atoms with van der Waals surface area (Å²) in [7, 11) is 0. The van der Waals surface area contributed by atoms with E-state index in [1.807, 2.05) is 0 Å². The lowest BCUT2D eigenvalue weighted by atomic mass is 10.1. The Kier molecular flexibility index (Phi) is 3.23. The molecule has 0 amide bonds. The van der Waals surface area contributed by atoms with Crippen LogP contribution >= 0.6 is 11.6 Å². The third kappa shape index (κ3) is 2.32. The monoisotopic (exact) mass is 206 g/mol. The fraction of sp³-hybridized carbons (Fsp3) is 0. The molecular weight excluding hydrogens is 203 g/mol. The van der Waals surface area contributed by atoms with Crippen molar-refractivity contribution >= 4 is 17.7 Å². The van der Waals surface area contributed by atoms with Gasteiger partial charge in [0.1, 0.15) is 23.5 Å². The summed E-state index contributed by atoms with van der Waals surface area (Å²) in [5.74, 6) is -0.462. The van der Waals surface area contributed by atoms with Crippen LogP contribution in [0.25, 0.3) is 6.08 Å². The quantitative estimate of drug-likeness (QED) is 0.664. The van der Waals surface area contributed by atoms with Crippen molar-refractivity contribution < 1.29 is 4.39 Å². The summed E-state index contributed by atoms with van der Waals surface area (Å²) in [6.07, 6.45) is 1.24. The first-order chi connectivity index (χ1) is 6.67. The summed E-state index contributed by atoms with van der Waals surface area (Å²) in [5.41, 5.74) is 0.210. The molecule has 1 aromatic rings. The van der Waals surface area contributed by atoms with E-state index < -0.39 is 5.82 Å². The Morgan fingerprint density at radius 3 is 2.57 bits per heavy atom. The first-order valence-electron chi connectivity index (χ1n) is 3.64. The number of nitriles is 2. The Morgan fingerprint density at radius 2 is 2.00 bits per heavy atom. The van der Waals surface area contributed by atoms with Gasteiger partial charge < -0.3 is 0 Å². The highest BCUT2D eigenvalue weighted by atomic mass is 35.5. The molecule has 0 unspecified atom stereocenters. The molecule has 4 heteroatoms. The molecule has 0 aliphatic carbocycles. The van der Waals surface area contributed by atoms with Crippen LogP contribution in [0.1, 0.15) is 5.56 Å². The highest BCUT2D eigenvalue weighted by molar-refractivity contribution is 6.32. The van der Waals surface area contributed by atoms with Crippen molar-refractivity contribution in [3.8, 4) is 12.1 Å². The maximum Gasteiger partial charge on any atom is 0.130 e. The van der Waals surface area contributed by atoms with Gasteiger partial charge in [-0.1, -0.05) is 11.6 Å². The molecule has 0 aliphatic rings. The van der Waals surface area contributed by atoms with E-state index in [4.69, 9.17) is 22.1 Å². The number of benzene rings is 1. The summed E-state index contributed by atoms with van der Waals surface area (Å²) in [6.45, 7) is 0. The SMILES string of the molecule is N#CC(C#N)=Cc1cc(F)ccc1Cl. The molecular formula is C10H4ClFN2. The second kappa shape index (κ2) is 4.41. The van der Waals surface area contributed by atoms with E-state index in [2.05, 4.69) is 0 Å². The second-order valence-corrected chi connectivity index (χ2v) is 2.85. The first-order valence-corrected chi connectivity index (χ1v) is 4.02. The van der Waals surface area contributed by atoms with Gasteiger partial charge in [-0.25, -0.2) is 4.39 Å². The minimum atomic E-state index is -0.462. The van der Waals surface area contributed by atoms with E-state index in [1.54, 1.807) is 12.1 Å². The predicted molar refractivity (Wildman–Crippen MR) is 50.6 cm³/mol. The summed E-state index contributed by atoms with van der Waals surface area (Å²) in [5, 5.41) is 17.2. The van der Waals surface area contributed by atoms with Crippen LogP contribution in [0.15, 0.2) is 23.8 Å². The van der Waals surface area contributed by atoms with Crippen LogP contribution in [0.3, 0.4) is 0 Å². The van der Waals surface area contributed by atoms with Gasteiger partial charge in [0.15, 0.2) is 0 Å². The number of nitrogens with zero attached hydrogens (tertiary/aromatic N) is 2. The van der Waals surface area contributed by atoms with Crippen molar-refractivity contribution in [1.29, 1.82) is 10.5 Å². The molecule has 2 nitrogen and oxygen atoms in total. The Labute approximate surface area is 85.5 Å². The highest BCUT2D eigenvalue weighted by Crippen LogP contribution is 2.19. The van der Waals surface area contributed by atoms with Crippen LogP contribution in [0.5, 0.6) is 0 Å². The van der Waals surface area contributed by atoms with E-state index in [0.717, 1.165) is 6.07 Å². The summed E-state index contributed by atoms with van der Waals surface area (Å²) in [4.78, 5) is 0. The Hall–Kier alpha value is -1.84. The maximum absolute atomic E-state index is 12.8. The third-order valence-electron chi connectivity index (χ3n) is 1.50. The van der Waals surface area contributed by atoms with Crippen molar-refractivity contribution in [2.75, 3.05) is 0 Å². The van der Waals surface area contributed by atoms with E-state index in [9.17, 15) is 4.39 Å². The van der Waals surface area contributed by atoms with Crippen molar-refractivity contribution in [2.24, 2.45) is 0 Å². The number of allylic oxidation sites excluding steroid dienone is 1. The van der Waals surface area contributed by atoms with E-state index in [-0.39, 0.29) is 5.57 Å². The molecule has 0 saturated heterocycles. The van der Waals surface area contributed by atoms with Gasteiger partial charge in [0.2, 0.25) is 0 Å². The molecule has 0 bridgehead atoms. The molecule has 0 aliphatic heterocycles. The number of hydrogen-bond acceptors (Lipinski definition) is 2. The van der Waals surface area contributed by atoms with Gasteiger partial charge in [0.05, 0.1) is 0 Å². The largest absolute Gasteiger partial charge is 0.207 e. The van der Waals surface area contributed by atoms with Crippen LogP contribution in [0.2, 0.25) is 5.02 Å². The lowest BCUT2D eigenvalue weighted by Crippen LogP contribution is -1.81. The Morgan fingerprint density at radius 1 is 1.36 bits per heavy atom. The lowest BCUT2D eigenvalue weighted by molar-refractivity contribution is 0.627. The van der Waals surface area contributed by atoms with Gasteiger partial charge in [-0.05, 0) is 29.8 Å². The van der Waals surface area contributed by atoms with Gasteiger partial charge in [-0.3, -0.25) is 0 Å². The van der Waals surface area contributed by atoms with Gasteiger partial charge >= 0.3 is 0 Å². The molecule has 0 spiro atoms. The molecule has 0 aromatic heterocycles. The van der Waals surface area contributed by atoms with Gasteiger partial charge in [0.25, 0.3) is 0 Å². The summed E-state index contributed by atoms with van der Waals surface area (Å²) in [6, 6.07) is 7.07. The molecule has 0 heterocycles. The molecule has 14 heavy (non-hydrogen) atoms. The third-order valence-corrected chi connectivity index (χ3v) is 1.84. The molecule has 1 aromatic carbocycles. The van der Waals surface area contributed by atoms with E-state index in [1.165, 1.54) is 18.2 Å². The number of hydrogen-bond donors (Lipinski definition) is 0. The van der Waals surface area contributed by atoms with E-state index >= 15 is 0 Å². The molecule has 0 saturated carbocycles. The molecule has 0 atom stereocenters. The summed E-state index contributed by atoms with van der Waals surface area (Å²) >= 11 is 5.72. The Balaban J connectivity index is 3.22. The van der Waals surface area contributed by atoms with Crippen LogP contribution in [-0.4, -0.2) is 0 Å². The van der Waals surface area contributed by atoms with E-state index in [0.29, 0.717) is 10.6 Å². The standard InChI is InChI=1S/C10H4ClFN2/c11-10-2-1-9(12)4-8(10)3-7(5-13)6-14/h1-4H. The zero-order valence-corrected chi connectivity index (χ0v) is 7.72. The summed E-state index contributed by atoms with van der Waals surface area (Å²) < 4.78 is 12.8. The smallest absolute Gasteiger partial charge is 0.130 e. The van der Waals surface area contributed by atoms with Gasteiger partial charge in [0, 0.05) is 5.02 Å². The second-order valence-electron chi connectivity index (χ2n) is 2.45. The predicted octanol–water partition coefficient (Wildman–Crippen LogP) is 2.91. The van der Waals surface area contributed by atoms with Crippen molar-refractivity contribution in [3.05, 3.63) is 40.2 Å². The Bertz CT molecular complexity index is 450. The van der Waals surface area contributed by atoms with Crippen LogP contribution < -0.4 is 0 Å². The zero-order valence-electron chi connectivity index (χ0n) is 6.96. The molecule has 0 radical (unpaired) electrons. The number of rotatable bonds is 1. The first kappa shape index (κ1) is 10.2. The normalized spacial score (nSPS) is 8.57. The van der Waals surface area contributed by atoms with Gasteiger partial charge in [-0.15, -0.1) is 0 Å². The average molecular weight is 207 g/mol. The minimum Gasteiger partial charge on any atom is -0.207 e.